The second kappa shape index (κ2) is 9.17. The van der Waals surface area contributed by atoms with Gasteiger partial charge >= 0.3 is 12.1 Å². The number of aromatic nitrogens is 1. The third-order valence-electron chi connectivity index (χ3n) is 5.85. The average molecular weight is 470 g/mol. The molecule has 1 amide bonds. The van der Waals surface area contributed by atoms with Gasteiger partial charge in [-0.2, -0.15) is 13.2 Å². The number of carbonyl (C=O) groups is 2. The summed E-state index contributed by atoms with van der Waals surface area (Å²) in [6, 6.07) is 12.2. The average Bonchev–Trinajstić information content (AvgIpc) is 3.07. The highest BCUT2D eigenvalue weighted by atomic mass is 19.4. The lowest BCUT2D eigenvalue weighted by Crippen LogP contribution is -2.37. The van der Waals surface area contributed by atoms with Crippen molar-refractivity contribution < 1.29 is 32.6 Å². The zero-order chi connectivity index (χ0) is 24.5. The van der Waals surface area contributed by atoms with E-state index in [2.05, 4.69) is 4.98 Å². The molecule has 176 valence electrons. The van der Waals surface area contributed by atoms with E-state index >= 15 is 0 Å². The Morgan fingerprint density at radius 1 is 1.12 bits per heavy atom. The minimum absolute atomic E-state index is 0.0821. The lowest BCUT2D eigenvalue weighted by Gasteiger charge is -2.25. The molecule has 2 atom stereocenters. The van der Waals surface area contributed by atoms with Crippen LogP contribution in [0.2, 0.25) is 0 Å². The van der Waals surface area contributed by atoms with Gasteiger partial charge in [0.15, 0.2) is 0 Å². The van der Waals surface area contributed by atoms with E-state index in [1.165, 1.54) is 4.90 Å². The molecule has 6 nitrogen and oxygen atoms in total. The summed E-state index contributed by atoms with van der Waals surface area (Å²) in [6.07, 6.45) is -1.39. The van der Waals surface area contributed by atoms with Gasteiger partial charge in [-0.1, -0.05) is 6.07 Å². The maximum Gasteiger partial charge on any atom is 0.416 e. The summed E-state index contributed by atoms with van der Waals surface area (Å²) in [6.45, 7) is 1.99. The minimum atomic E-state index is -4.51. The fourth-order valence-corrected chi connectivity index (χ4v) is 4.15. The molecule has 0 fully saturated rings. The lowest BCUT2D eigenvalue weighted by molar-refractivity contribution is -0.138. The maximum absolute atomic E-state index is 13.3. The summed E-state index contributed by atoms with van der Waals surface area (Å²) in [5, 5.41) is 9.44. The number of amides is 1. The highest BCUT2D eigenvalue weighted by molar-refractivity contribution is 6.08. The molecule has 2 heterocycles. The van der Waals surface area contributed by atoms with Crippen LogP contribution in [0.4, 0.5) is 18.9 Å². The number of aliphatic carboxylic acids is 1. The van der Waals surface area contributed by atoms with E-state index in [1.807, 2.05) is 6.07 Å². The van der Waals surface area contributed by atoms with Crippen LogP contribution in [0.15, 0.2) is 67.0 Å². The predicted octanol–water partition coefficient (Wildman–Crippen LogP) is 5.29. The summed E-state index contributed by atoms with van der Waals surface area (Å²) in [5.74, 6) is -1.52. The lowest BCUT2D eigenvalue weighted by atomic mass is 9.92. The van der Waals surface area contributed by atoms with Crippen LogP contribution in [0.3, 0.4) is 0 Å². The van der Waals surface area contributed by atoms with Gasteiger partial charge < -0.3 is 14.7 Å². The molecule has 0 aliphatic carbocycles. The minimum Gasteiger partial charge on any atom is -0.489 e. The first-order chi connectivity index (χ1) is 16.1. The van der Waals surface area contributed by atoms with Gasteiger partial charge in [0, 0.05) is 41.2 Å². The first-order valence-electron chi connectivity index (χ1n) is 10.5. The molecule has 2 aromatic carbocycles. The van der Waals surface area contributed by atoms with Crippen LogP contribution in [-0.4, -0.2) is 28.0 Å². The number of halogens is 3. The number of carboxylic acids is 1. The number of hydrogen-bond acceptors (Lipinski definition) is 4. The Morgan fingerprint density at radius 2 is 1.85 bits per heavy atom. The van der Waals surface area contributed by atoms with Gasteiger partial charge in [-0.25, -0.2) is 0 Å². The van der Waals surface area contributed by atoms with Crippen molar-refractivity contribution in [1.29, 1.82) is 0 Å². The van der Waals surface area contributed by atoms with E-state index in [4.69, 9.17) is 4.74 Å². The molecule has 2 unspecified atom stereocenters. The largest absolute Gasteiger partial charge is 0.489 e. The smallest absolute Gasteiger partial charge is 0.416 e. The number of carbonyl (C=O) groups excluding carboxylic acids is 1. The van der Waals surface area contributed by atoms with Gasteiger partial charge in [0.05, 0.1) is 12.0 Å². The molecular weight excluding hydrogens is 449 g/mol. The Bertz CT molecular complexity index is 1200. The van der Waals surface area contributed by atoms with Crippen molar-refractivity contribution >= 4 is 17.6 Å². The summed E-state index contributed by atoms with van der Waals surface area (Å²) >= 11 is 0. The summed E-state index contributed by atoms with van der Waals surface area (Å²) in [7, 11) is 0. The molecule has 0 spiro atoms. The van der Waals surface area contributed by atoms with Crippen LogP contribution in [0.1, 0.15) is 46.3 Å². The molecule has 0 saturated heterocycles. The molecule has 0 bridgehead atoms. The number of benzene rings is 2. The van der Waals surface area contributed by atoms with Gasteiger partial charge in [0.1, 0.15) is 12.4 Å². The Morgan fingerprint density at radius 3 is 2.47 bits per heavy atom. The number of carboxylic acid groups (broad SMARTS) is 1. The number of ether oxygens (including phenoxy) is 1. The quantitative estimate of drug-likeness (QED) is 0.530. The number of fused-ring (bicyclic) bond motifs is 1. The third-order valence-corrected chi connectivity index (χ3v) is 5.85. The predicted molar refractivity (Wildman–Crippen MR) is 118 cm³/mol. The fourth-order valence-electron chi connectivity index (χ4n) is 4.15. The second-order valence-corrected chi connectivity index (χ2v) is 8.07. The molecule has 9 heteroatoms. The third kappa shape index (κ3) is 4.73. The van der Waals surface area contributed by atoms with Crippen LogP contribution >= 0.6 is 0 Å². The van der Waals surface area contributed by atoms with Crippen molar-refractivity contribution in [3.63, 3.8) is 0 Å². The Kier molecular flexibility index (Phi) is 6.28. The second-order valence-electron chi connectivity index (χ2n) is 8.07. The monoisotopic (exact) mass is 470 g/mol. The summed E-state index contributed by atoms with van der Waals surface area (Å²) < 4.78 is 44.5. The van der Waals surface area contributed by atoms with E-state index in [0.29, 0.717) is 17.0 Å². The summed E-state index contributed by atoms with van der Waals surface area (Å²) in [4.78, 5) is 30.3. The molecule has 1 aromatic heterocycles. The van der Waals surface area contributed by atoms with Gasteiger partial charge in [0.2, 0.25) is 0 Å². The molecular formula is C25H21F3N2O4. The molecule has 1 aliphatic heterocycles. The van der Waals surface area contributed by atoms with Crippen LogP contribution < -0.4 is 9.64 Å². The van der Waals surface area contributed by atoms with Gasteiger partial charge in [-0.3, -0.25) is 14.6 Å². The molecule has 4 rings (SSSR count). The van der Waals surface area contributed by atoms with E-state index in [0.717, 1.165) is 29.8 Å². The van der Waals surface area contributed by atoms with Crippen LogP contribution in [-0.2, 0) is 17.6 Å². The van der Waals surface area contributed by atoms with E-state index in [-0.39, 0.29) is 18.6 Å². The van der Waals surface area contributed by atoms with Crippen molar-refractivity contribution in [3.05, 3.63) is 89.2 Å². The number of rotatable bonds is 6. The molecule has 0 saturated carbocycles. The van der Waals surface area contributed by atoms with Crippen molar-refractivity contribution in [2.45, 2.75) is 38.1 Å². The number of hydrogen-bond donors (Lipinski definition) is 1. The maximum atomic E-state index is 13.3. The highest BCUT2D eigenvalue weighted by Gasteiger charge is 2.41. The van der Waals surface area contributed by atoms with Crippen molar-refractivity contribution in [1.82, 2.24) is 4.98 Å². The SMILES string of the molecule is CC1C(CC(=O)O)c2cc(OCc3cccnc3)ccc2N1C(=O)c1ccc(C(F)(F)F)cc1. The fraction of sp³-hybridized carbons (Fsp3) is 0.240. The molecule has 0 radical (unpaired) electrons. The Hall–Kier alpha value is -3.88. The van der Waals surface area contributed by atoms with Crippen LogP contribution in [0, 0.1) is 0 Å². The van der Waals surface area contributed by atoms with Crippen molar-refractivity contribution in [3.8, 4) is 5.75 Å². The number of nitrogens with zero attached hydrogens (tertiary/aromatic N) is 2. The van der Waals surface area contributed by atoms with Gasteiger partial charge in [-0.05, 0) is 61.0 Å². The highest BCUT2D eigenvalue weighted by Crippen LogP contribution is 2.45. The zero-order valence-electron chi connectivity index (χ0n) is 18.1. The summed E-state index contributed by atoms with van der Waals surface area (Å²) in [5.41, 5.74) is 1.24. The molecule has 3 aromatic rings. The number of pyridine rings is 1. The van der Waals surface area contributed by atoms with Gasteiger partial charge in [-0.15, -0.1) is 0 Å². The molecule has 1 aliphatic rings. The Labute approximate surface area is 193 Å². The van der Waals surface area contributed by atoms with Gasteiger partial charge in [0.25, 0.3) is 5.91 Å². The number of alkyl halides is 3. The molecule has 34 heavy (non-hydrogen) atoms. The van der Waals surface area contributed by atoms with Crippen LogP contribution in [0.25, 0.3) is 0 Å². The first kappa shape index (κ1) is 23.3. The standard InChI is InChI=1S/C25H21F3N2O4/c1-15-20(12-23(31)32)21-11-19(34-14-16-3-2-10-29-13-16)8-9-22(21)30(15)24(33)17-4-6-18(7-5-17)25(26,27)28/h2-11,13,15,20H,12,14H2,1H3,(H,31,32). The topological polar surface area (TPSA) is 79.7 Å². The molecule has 1 N–H and O–H groups in total. The van der Waals surface area contributed by atoms with Crippen molar-refractivity contribution in [2.75, 3.05) is 4.90 Å². The van der Waals surface area contributed by atoms with Crippen molar-refractivity contribution in [2.24, 2.45) is 0 Å². The first-order valence-corrected chi connectivity index (χ1v) is 10.5. The number of anilines is 1. The van der Waals surface area contributed by atoms with Crippen LogP contribution in [0.5, 0.6) is 5.75 Å². The zero-order valence-corrected chi connectivity index (χ0v) is 18.1. The Balaban J connectivity index is 1.63. The van der Waals surface area contributed by atoms with E-state index < -0.39 is 35.6 Å². The van der Waals surface area contributed by atoms with E-state index in [9.17, 15) is 27.9 Å². The van der Waals surface area contributed by atoms with E-state index in [1.54, 1.807) is 43.6 Å². The normalized spacial score (nSPS) is 17.4.